The normalized spacial score (nSPS) is 10.1. The van der Waals surface area contributed by atoms with E-state index in [0.717, 1.165) is 0 Å². The second-order valence-electron chi connectivity index (χ2n) is 2.65. The maximum atomic E-state index is 13.1. The molecule has 0 bridgehead atoms. The number of hydroxylamine groups is 1. The topological polar surface area (TPSA) is 58.6 Å². The lowest BCUT2D eigenvalue weighted by Gasteiger charge is -2.06. The quantitative estimate of drug-likeness (QED) is 0.751. The van der Waals surface area contributed by atoms with E-state index in [1.54, 1.807) is 6.92 Å². The minimum atomic E-state index is -1.15. The Morgan fingerprint density at radius 1 is 1.53 bits per heavy atom. The van der Waals surface area contributed by atoms with Crippen molar-refractivity contribution in [3.05, 3.63) is 29.3 Å². The highest BCUT2D eigenvalue weighted by atomic mass is 19.1. The highest BCUT2D eigenvalue weighted by Crippen LogP contribution is 2.21. The van der Waals surface area contributed by atoms with Crippen molar-refractivity contribution in [3.8, 4) is 5.75 Å². The van der Waals surface area contributed by atoms with Gasteiger partial charge in [0.1, 0.15) is 22.9 Å². The SMILES string of the molecule is CCONC(=O)c1c(O)cc(F)cc1F. The van der Waals surface area contributed by atoms with Crippen LogP contribution in [0.3, 0.4) is 0 Å². The molecule has 1 aromatic rings. The van der Waals surface area contributed by atoms with Crippen LogP contribution in [-0.4, -0.2) is 17.6 Å². The first-order valence-electron chi connectivity index (χ1n) is 4.16. The van der Waals surface area contributed by atoms with Crippen LogP contribution in [0, 0.1) is 11.6 Å². The van der Waals surface area contributed by atoms with Crippen LogP contribution in [0.15, 0.2) is 12.1 Å². The molecular formula is C9H9F2NO3. The van der Waals surface area contributed by atoms with Gasteiger partial charge in [-0.1, -0.05) is 0 Å². The fraction of sp³-hybridized carbons (Fsp3) is 0.222. The van der Waals surface area contributed by atoms with Gasteiger partial charge >= 0.3 is 0 Å². The molecule has 1 aromatic carbocycles. The third-order valence-electron chi connectivity index (χ3n) is 1.57. The molecule has 0 aliphatic heterocycles. The highest BCUT2D eigenvalue weighted by Gasteiger charge is 2.18. The van der Waals surface area contributed by atoms with Crippen molar-refractivity contribution < 1.29 is 23.5 Å². The number of benzene rings is 1. The van der Waals surface area contributed by atoms with Crippen LogP contribution >= 0.6 is 0 Å². The van der Waals surface area contributed by atoms with Crippen molar-refractivity contribution in [1.82, 2.24) is 5.48 Å². The summed E-state index contributed by atoms with van der Waals surface area (Å²) >= 11 is 0. The molecule has 1 rings (SSSR count). The molecule has 0 heterocycles. The van der Waals surface area contributed by atoms with Gasteiger partial charge in [0.25, 0.3) is 5.91 Å². The summed E-state index contributed by atoms with van der Waals surface area (Å²) in [6, 6.07) is 1.14. The highest BCUT2D eigenvalue weighted by molar-refractivity contribution is 5.96. The van der Waals surface area contributed by atoms with Crippen molar-refractivity contribution in [2.24, 2.45) is 0 Å². The Labute approximate surface area is 84.4 Å². The molecule has 0 aliphatic carbocycles. The lowest BCUT2D eigenvalue weighted by Crippen LogP contribution is -2.24. The number of amides is 1. The monoisotopic (exact) mass is 217 g/mol. The Kier molecular flexibility index (Phi) is 3.56. The van der Waals surface area contributed by atoms with Crippen LogP contribution in [0.4, 0.5) is 8.78 Å². The van der Waals surface area contributed by atoms with Gasteiger partial charge in [-0.05, 0) is 6.92 Å². The van der Waals surface area contributed by atoms with Crippen LogP contribution < -0.4 is 5.48 Å². The first-order valence-corrected chi connectivity index (χ1v) is 4.16. The molecule has 15 heavy (non-hydrogen) atoms. The van der Waals surface area contributed by atoms with Crippen molar-refractivity contribution in [3.63, 3.8) is 0 Å². The third kappa shape index (κ3) is 2.63. The molecule has 0 saturated carbocycles. The van der Waals surface area contributed by atoms with E-state index in [2.05, 4.69) is 4.84 Å². The first-order chi connectivity index (χ1) is 7.06. The van der Waals surface area contributed by atoms with Crippen LogP contribution in [0.5, 0.6) is 5.75 Å². The van der Waals surface area contributed by atoms with Gasteiger partial charge in [-0.15, -0.1) is 0 Å². The minimum Gasteiger partial charge on any atom is -0.507 e. The van der Waals surface area contributed by atoms with E-state index >= 15 is 0 Å². The summed E-state index contributed by atoms with van der Waals surface area (Å²) in [5.74, 6) is -3.85. The predicted octanol–water partition coefficient (Wildman–Crippen LogP) is 1.35. The number of phenolic OH excluding ortho intramolecular Hbond substituents is 1. The number of hydrogen-bond acceptors (Lipinski definition) is 3. The van der Waals surface area contributed by atoms with Crippen molar-refractivity contribution in [1.29, 1.82) is 0 Å². The fourth-order valence-corrected chi connectivity index (χ4v) is 0.974. The standard InChI is InChI=1S/C9H9F2NO3/c1-2-15-12-9(14)8-6(11)3-5(10)4-7(8)13/h3-4,13H,2H2,1H3,(H,12,14). The molecule has 4 nitrogen and oxygen atoms in total. The summed E-state index contributed by atoms with van der Waals surface area (Å²) in [6.45, 7) is 1.80. The molecule has 2 N–H and O–H groups in total. The minimum absolute atomic E-state index is 0.190. The van der Waals surface area contributed by atoms with Crippen molar-refractivity contribution in [2.45, 2.75) is 6.92 Å². The van der Waals surface area contributed by atoms with Gasteiger partial charge < -0.3 is 5.11 Å². The maximum Gasteiger partial charge on any atom is 0.281 e. The molecule has 1 amide bonds. The Morgan fingerprint density at radius 3 is 2.73 bits per heavy atom. The molecular weight excluding hydrogens is 208 g/mol. The van der Waals surface area contributed by atoms with E-state index in [1.165, 1.54) is 0 Å². The average molecular weight is 217 g/mol. The number of carbonyl (C=O) groups is 1. The molecule has 0 radical (unpaired) electrons. The summed E-state index contributed by atoms with van der Waals surface area (Å²) in [5.41, 5.74) is 1.24. The smallest absolute Gasteiger partial charge is 0.281 e. The molecule has 82 valence electrons. The number of carbonyl (C=O) groups excluding carboxylic acids is 1. The van der Waals surface area contributed by atoms with Gasteiger partial charge in [0.05, 0.1) is 6.61 Å². The van der Waals surface area contributed by atoms with E-state index in [0.29, 0.717) is 12.1 Å². The lowest BCUT2D eigenvalue weighted by molar-refractivity contribution is 0.0358. The second-order valence-corrected chi connectivity index (χ2v) is 2.65. The van der Waals surface area contributed by atoms with Gasteiger partial charge in [0, 0.05) is 12.1 Å². The molecule has 0 saturated heterocycles. The van der Waals surface area contributed by atoms with Gasteiger partial charge in [-0.2, -0.15) is 0 Å². The van der Waals surface area contributed by atoms with Crippen LogP contribution in [0.1, 0.15) is 17.3 Å². The van der Waals surface area contributed by atoms with Crippen LogP contribution in [0.2, 0.25) is 0 Å². The van der Waals surface area contributed by atoms with Gasteiger partial charge in [0.2, 0.25) is 0 Å². The largest absolute Gasteiger partial charge is 0.507 e. The Bertz CT molecular complexity index is 359. The number of rotatable bonds is 3. The summed E-state index contributed by atoms with van der Waals surface area (Å²) in [5, 5.41) is 9.15. The number of hydrogen-bond donors (Lipinski definition) is 2. The first kappa shape index (κ1) is 11.4. The number of nitrogens with one attached hydrogen (secondary N) is 1. The zero-order valence-electron chi connectivity index (χ0n) is 7.88. The average Bonchev–Trinajstić information content (AvgIpc) is 2.12. The predicted molar refractivity (Wildman–Crippen MR) is 47.1 cm³/mol. The molecule has 0 spiro atoms. The van der Waals surface area contributed by atoms with Crippen molar-refractivity contribution >= 4 is 5.91 Å². The number of halogens is 2. The van der Waals surface area contributed by atoms with E-state index in [4.69, 9.17) is 5.11 Å². The van der Waals surface area contributed by atoms with Gasteiger partial charge in [-0.3, -0.25) is 9.63 Å². The fourth-order valence-electron chi connectivity index (χ4n) is 0.974. The molecule has 0 atom stereocenters. The molecule has 6 heteroatoms. The van der Waals surface area contributed by atoms with E-state index in [1.807, 2.05) is 5.48 Å². The zero-order chi connectivity index (χ0) is 11.4. The molecule has 0 aliphatic rings. The molecule has 0 fully saturated rings. The maximum absolute atomic E-state index is 13.1. The Hall–Kier alpha value is -1.69. The van der Waals surface area contributed by atoms with Gasteiger partial charge in [0.15, 0.2) is 0 Å². The molecule has 0 unspecified atom stereocenters. The number of aromatic hydroxyl groups is 1. The van der Waals surface area contributed by atoms with Crippen LogP contribution in [-0.2, 0) is 4.84 Å². The van der Waals surface area contributed by atoms with E-state index in [9.17, 15) is 13.6 Å². The van der Waals surface area contributed by atoms with E-state index in [-0.39, 0.29) is 6.61 Å². The lowest BCUT2D eigenvalue weighted by atomic mass is 10.1. The Balaban J connectivity index is 2.98. The second kappa shape index (κ2) is 4.70. The summed E-state index contributed by atoms with van der Waals surface area (Å²) < 4.78 is 25.6. The molecule has 0 aromatic heterocycles. The Morgan fingerprint density at radius 2 is 2.20 bits per heavy atom. The van der Waals surface area contributed by atoms with Crippen LogP contribution in [0.25, 0.3) is 0 Å². The summed E-state index contributed by atoms with van der Waals surface area (Å²) in [4.78, 5) is 15.7. The van der Waals surface area contributed by atoms with E-state index < -0.39 is 28.9 Å². The zero-order valence-corrected chi connectivity index (χ0v) is 7.88. The van der Waals surface area contributed by atoms with Crippen molar-refractivity contribution in [2.75, 3.05) is 6.61 Å². The number of phenols is 1. The summed E-state index contributed by atoms with van der Waals surface area (Å²) in [6.07, 6.45) is 0. The summed E-state index contributed by atoms with van der Waals surface area (Å²) in [7, 11) is 0. The van der Waals surface area contributed by atoms with Gasteiger partial charge in [-0.25, -0.2) is 14.3 Å². The third-order valence-corrected chi connectivity index (χ3v) is 1.57.